The second-order valence-corrected chi connectivity index (χ2v) is 9.70. The van der Waals surface area contributed by atoms with Gasteiger partial charge in [0.05, 0.1) is 22.8 Å². The van der Waals surface area contributed by atoms with Crippen LogP contribution in [0.5, 0.6) is 0 Å². The summed E-state index contributed by atoms with van der Waals surface area (Å²) in [5.74, 6) is 0. The molecule has 0 saturated heterocycles. The molecule has 0 bridgehead atoms. The topological polar surface area (TPSA) is 56.5 Å². The maximum absolute atomic E-state index is 4.61. The minimum atomic E-state index is 0.928. The lowest BCUT2D eigenvalue weighted by Crippen LogP contribution is -2.00. The Bertz CT molecular complexity index is 1780. The molecule has 2 aromatic carbocycles. The van der Waals surface area contributed by atoms with Gasteiger partial charge in [0, 0.05) is 65.1 Å². The van der Waals surface area contributed by atoms with E-state index in [-0.39, 0.29) is 0 Å². The molecule has 0 fully saturated rings. The SMILES string of the molecule is c1ccc(-c2cc(-c3ccc(-n4c(-c5cccnc5)ccc4-c4cccnc4)cc3)cc(-c3ccccn3)c2)nc1. The molecule has 0 spiro atoms. The first-order valence-electron chi connectivity index (χ1n) is 13.4. The number of hydrogen-bond donors (Lipinski definition) is 0. The number of benzene rings is 2. The quantitative estimate of drug-likeness (QED) is 0.218. The number of pyridine rings is 4. The van der Waals surface area contributed by atoms with E-state index in [2.05, 4.69) is 91.2 Å². The van der Waals surface area contributed by atoms with Crippen molar-refractivity contribution in [3.8, 4) is 61.8 Å². The van der Waals surface area contributed by atoms with Crippen molar-refractivity contribution in [2.24, 2.45) is 0 Å². The molecule has 5 heterocycles. The van der Waals surface area contributed by atoms with Crippen molar-refractivity contribution in [1.82, 2.24) is 24.5 Å². The molecule has 41 heavy (non-hydrogen) atoms. The van der Waals surface area contributed by atoms with Gasteiger partial charge in [-0.3, -0.25) is 19.9 Å². The average molecular weight is 528 g/mol. The molecule has 0 radical (unpaired) electrons. The molecular formula is C36H25N5. The van der Waals surface area contributed by atoms with Gasteiger partial charge in [0.1, 0.15) is 0 Å². The first-order chi connectivity index (χ1) is 20.3. The van der Waals surface area contributed by atoms with Crippen molar-refractivity contribution in [2.75, 3.05) is 0 Å². The lowest BCUT2D eigenvalue weighted by Gasteiger charge is -2.15. The Morgan fingerprint density at radius 2 is 0.927 bits per heavy atom. The monoisotopic (exact) mass is 527 g/mol. The molecule has 7 rings (SSSR count). The first-order valence-corrected chi connectivity index (χ1v) is 13.4. The van der Waals surface area contributed by atoms with Crippen LogP contribution in [-0.4, -0.2) is 24.5 Å². The van der Waals surface area contributed by atoms with Crippen molar-refractivity contribution in [2.45, 2.75) is 0 Å². The molecule has 0 N–H and O–H groups in total. The zero-order valence-corrected chi connectivity index (χ0v) is 22.2. The van der Waals surface area contributed by atoms with Gasteiger partial charge in [-0.05, 0) is 102 Å². The fraction of sp³-hybridized carbons (Fsp3) is 0. The van der Waals surface area contributed by atoms with Gasteiger partial charge < -0.3 is 4.57 Å². The predicted octanol–water partition coefficient (Wildman–Crippen LogP) is 8.39. The number of nitrogens with zero attached hydrogens (tertiary/aromatic N) is 5. The van der Waals surface area contributed by atoms with Crippen LogP contribution in [0.2, 0.25) is 0 Å². The average Bonchev–Trinajstić information content (AvgIpc) is 3.52. The normalized spacial score (nSPS) is 10.9. The maximum Gasteiger partial charge on any atom is 0.0702 e. The van der Waals surface area contributed by atoms with Gasteiger partial charge in [-0.2, -0.15) is 0 Å². The molecule has 0 aliphatic rings. The highest BCUT2D eigenvalue weighted by molar-refractivity contribution is 5.80. The summed E-state index contributed by atoms with van der Waals surface area (Å²) < 4.78 is 2.27. The second kappa shape index (κ2) is 10.8. The standard InChI is InChI=1S/C36H25N5/c1-3-19-39-33(9-1)30-21-29(22-31(23-30)34-10-2-4-20-40-34)26-11-13-32(14-12-26)41-35(27-7-5-17-37-24-27)15-16-36(41)28-8-6-18-38-25-28/h1-25H. The van der Waals surface area contributed by atoms with E-state index < -0.39 is 0 Å². The minimum Gasteiger partial charge on any atom is -0.309 e. The Morgan fingerprint density at radius 3 is 1.39 bits per heavy atom. The third-order valence-electron chi connectivity index (χ3n) is 7.11. The summed E-state index contributed by atoms with van der Waals surface area (Å²) in [6.07, 6.45) is 11.0. The summed E-state index contributed by atoms with van der Waals surface area (Å²) in [4.78, 5) is 17.9. The van der Waals surface area contributed by atoms with Gasteiger partial charge in [0.2, 0.25) is 0 Å². The van der Waals surface area contributed by atoms with Crippen molar-refractivity contribution >= 4 is 0 Å². The molecule has 7 aromatic rings. The third-order valence-corrected chi connectivity index (χ3v) is 7.11. The van der Waals surface area contributed by atoms with Gasteiger partial charge in [-0.25, -0.2) is 0 Å². The van der Waals surface area contributed by atoms with Crippen molar-refractivity contribution in [3.05, 3.63) is 152 Å². The highest BCUT2D eigenvalue weighted by Gasteiger charge is 2.15. The van der Waals surface area contributed by atoms with Crippen LogP contribution in [-0.2, 0) is 0 Å². The van der Waals surface area contributed by atoms with Crippen LogP contribution in [0.25, 0.3) is 61.8 Å². The Balaban J connectivity index is 1.34. The zero-order valence-electron chi connectivity index (χ0n) is 22.2. The van der Waals surface area contributed by atoms with Crippen molar-refractivity contribution in [1.29, 1.82) is 0 Å². The highest BCUT2D eigenvalue weighted by atomic mass is 15.0. The molecule has 5 aromatic heterocycles. The van der Waals surface area contributed by atoms with Gasteiger partial charge in [0.25, 0.3) is 0 Å². The van der Waals surface area contributed by atoms with E-state index in [9.17, 15) is 0 Å². The Labute approximate surface area is 238 Å². The summed E-state index contributed by atoms with van der Waals surface area (Å²) in [5.41, 5.74) is 11.5. The molecule has 194 valence electrons. The summed E-state index contributed by atoms with van der Waals surface area (Å²) in [5, 5.41) is 0. The van der Waals surface area contributed by atoms with Crippen molar-refractivity contribution < 1.29 is 0 Å². The Hall–Kier alpha value is -5.68. The highest BCUT2D eigenvalue weighted by Crippen LogP contribution is 2.35. The van der Waals surface area contributed by atoms with Crippen LogP contribution in [0.4, 0.5) is 0 Å². The molecule has 5 heteroatoms. The van der Waals surface area contributed by atoms with E-state index in [1.807, 2.05) is 73.3 Å². The van der Waals surface area contributed by atoms with Crippen LogP contribution in [0.3, 0.4) is 0 Å². The van der Waals surface area contributed by atoms with Crippen LogP contribution < -0.4 is 0 Å². The molecule has 0 aliphatic heterocycles. The van der Waals surface area contributed by atoms with E-state index in [1.54, 1.807) is 12.4 Å². The van der Waals surface area contributed by atoms with E-state index in [1.165, 1.54) is 0 Å². The van der Waals surface area contributed by atoms with Crippen LogP contribution in [0, 0.1) is 0 Å². The Kier molecular flexibility index (Phi) is 6.44. The summed E-state index contributed by atoms with van der Waals surface area (Å²) in [7, 11) is 0. The zero-order chi connectivity index (χ0) is 27.4. The number of hydrogen-bond acceptors (Lipinski definition) is 4. The van der Waals surface area contributed by atoms with Crippen LogP contribution in [0.1, 0.15) is 0 Å². The summed E-state index contributed by atoms with van der Waals surface area (Å²) in [6, 6.07) is 39.6. The Morgan fingerprint density at radius 1 is 0.390 bits per heavy atom. The first kappa shape index (κ1) is 24.4. The lowest BCUT2D eigenvalue weighted by atomic mass is 9.96. The number of rotatable bonds is 6. The largest absolute Gasteiger partial charge is 0.309 e. The maximum atomic E-state index is 4.61. The van der Waals surface area contributed by atoms with Gasteiger partial charge in [-0.15, -0.1) is 0 Å². The molecule has 0 aliphatic carbocycles. The van der Waals surface area contributed by atoms with Crippen molar-refractivity contribution in [3.63, 3.8) is 0 Å². The second-order valence-electron chi connectivity index (χ2n) is 9.70. The lowest BCUT2D eigenvalue weighted by molar-refractivity contribution is 1.09. The van der Waals surface area contributed by atoms with Gasteiger partial charge in [0.15, 0.2) is 0 Å². The molecular weight excluding hydrogens is 502 g/mol. The molecule has 5 nitrogen and oxygen atoms in total. The molecule has 0 amide bonds. The fourth-order valence-electron chi connectivity index (χ4n) is 5.15. The van der Waals surface area contributed by atoms with Crippen LogP contribution >= 0.6 is 0 Å². The third kappa shape index (κ3) is 4.92. The summed E-state index contributed by atoms with van der Waals surface area (Å²) in [6.45, 7) is 0. The van der Waals surface area contributed by atoms with Crippen LogP contribution in [0.15, 0.2) is 152 Å². The fourth-order valence-corrected chi connectivity index (χ4v) is 5.15. The molecule has 0 saturated carbocycles. The van der Waals surface area contributed by atoms with Gasteiger partial charge in [-0.1, -0.05) is 24.3 Å². The smallest absolute Gasteiger partial charge is 0.0702 e. The van der Waals surface area contributed by atoms with E-state index in [0.29, 0.717) is 0 Å². The number of aromatic nitrogens is 5. The molecule has 0 unspecified atom stereocenters. The van der Waals surface area contributed by atoms with E-state index in [4.69, 9.17) is 0 Å². The molecule has 0 atom stereocenters. The minimum absolute atomic E-state index is 0.928. The summed E-state index contributed by atoms with van der Waals surface area (Å²) >= 11 is 0. The van der Waals surface area contributed by atoms with E-state index in [0.717, 1.165) is 61.8 Å². The van der Waals surface area contributed by atoms with Gasteiger partial charge >= 0.3 is 0 Å². The predicted molar refractivity (Wildman–Crippen MR) is 164 cm³/mol. The van der Waals surface area contributed by atoms with E-state index >= 15 is 0 Å².